The van der Waals surface area contributed by atoms with E-state index in [1.54, 1.807) is 43.3 Å². The van der Waals surface area contributed by atoms with Crippen molar-refractivity contribution in [2.24, 2.45) is 0 Å². The molecule has 0 spiro atoms. The number of carbonyl (C=O) groups excluding carboxylic acids is 2. The van der Waals surface area contributed by atoms with Crippen molar-refractivity contribution in [2.75, 3.05) is 49.5 Å². The van der Waals surface area contributed by atoms with Crippen molar-refractivity contribution in [3.8, 4) is 0 Å². The zero-order chi connectivity index (χ0) is 20.6. The monoisotopic (exact) mass is 399 g/mol. The van der Waals surface area contributed by atoms with Crippen LogP contribution in [0.5, 0.6) is 0 Å². The molecule has 29 heavy (non-hydrogen) atoms. The van der Waals surface area contributed by atoms with Crippen LogP contribution in [0.2, 0.25) is 0 Å². The van der Waals surface area contributed by atoms with Crippen LogP contribution in [0.3, 0.4) is 0 Å². The molecule has 154 valence electrons. The van der Waals surface area contributed by atoms with Gasteiger partial charge in [0.05, 0.1) is 17.9 Å². The summed E-state index contributed by atoms with van der Waals surface area (Å²) in [6.07, 6.45) is 0.374. The molecule has 1 aliphatic rings. The number of rotatable bonds is 7. The zero-order valence-electron chi connectivity index (χ0n) is 16.6. The van der Waals surface area contributed by atoms with Crippen molar-refractivity contribution >= 4 is 23.3 Å². The molecule has 0 radical (unpaired) electrons. The highest BCUT2D eigenvalue weighted by molar-refractivity contribution is 5.89. The summed E-state index contributed by atoms with van der Waals surface area (Å²) < 4.78 is 18.9. The molecule has 2 aromatic rings. The third-order valence-electron chi connectivity index (χ3n) is 4.89. The molecule has 0 unspecified atom stereocenters. The Morgan fingerprint density at radius 3 is 2.38 bits per heavy atom. The molecular weight excluding hydrogens is 373 g/mol. The van der Waals surface area contributed by atoms with Gasteiger partial charge in [0.25, 0.3) is 0 Å². The molecule has 0 saturated carbocycles. The molecule has 1 N–H and O–H groups in total. The van der Waals surface area contributed by atoms with Gasteiger partial charge in [0.1, 0.15) is 5.82 Å². The van der Waals surface area contributed by atoms with E-state index in [1.165, 1.54) is 6.07 Å². The fourth-order valence-electron chi connectivity index (χ4n) is 3.32. The summed E-state index contributed by atoms with van der Waals surface area (Å²) in [5, 5.41) is 3.20. The van der Waals surface area contributed by atoms with Crippen LogP contribution in [-0.2, 0) is 9.53 Å². The van der Waals surface area contributed by atoms with E-state index in [2.05, 4.69) is 5.32 Å². The van der Waals surface area contributed by atoms with Crippen molar-refractivity contribution in [1.29, 1.82) is 0 Å². The molecule has 0 bridgehead atoms. The maximum Gasteiger partial charge on any atom is 0.338 e. The highest BCUT2D eigenvalue weighted by Crippen LogP contribution is 2.20. The molecule has 7 heteroatoms. The van der Waals surface area contributed by atoms with Crippen LogP contribution in [0.4, 0.5) is 15.8 Å². The van der Waals surface area contributed by atoms with Crippen molar-refractivity contribution in [2.45, 2.75) is 13.3 Å². The highest BCUT2D eigenvalue weighted by Gasteiger charge is 2.22. The number of para-hydroxylation sites is 1. The van der Waals surface area contributed by atoms with E-state index >= 15 is 0 Å². The average Bonchev–Trinajstić information content (AvgIpc) is 2.75. The van der Waals surface area contributed by atoms with Crippen LogP contribution in [0.25, 0.3) is 0 Å². The second-order valence-corrected chi connectivity index (χ2v) is 6.79. The molecule has 1 heterocycles. The van der Waals surface area contributed by atoms with Crippen LogP contribution in [-0.4, -0.2) is 56.1 Å². The number of hydrogen-bond acceptors (Lipinski definition) is 5. The Kier molecular flexibility index (Phi) is 7.05. The number of benzene rings is 2. The first-order valence-corrected chi connectivity index (χ1v) is 9.87. The predicted molar refractivity (Wildman–Crippen MR) is 111 cm³/mol. The highest BCUT2D eigenvalue weighted by atomic mass is 19.1. The summed E-state index contributed by atoms with van der Waals surface area (Å²) in [6, 6.07) is 13.7. The van der Waals surface area contributed by atoms with Gasteiger partial charge in [-0.2, -0.15) is 0 Å². The number of amides is 1. The number of ether oxygens (including phenoxy) is 1. The minimum Gasteiger partial charge on any atom is -0.462 e. The van der Waals surface area contributed by atoms with Crippen molar-refractivity contribution in [3.63, 3.8) is 0 Å². The van der Waals surface area contributed by atoms with Crippen LogP contribution in [0.15, 0.2) is 48.5 Å². The maximum atomic E-state index is 13.9. The number of anilines is 2. The first kappa shape index (κ1) is 20.6. The van der Waals surface area contributed by atoms with Gasteiger partial charge in [0, 0.05) is 44.8 Å². The molecule has 1 saturated heterocycles. The summed E-state index contributed by atoms with van der Waals surface area (Å²) in [7, 11) is 0. The van der Waals surface area contributed by atoms with E-state index < -0.39 is 0 Å². The molecule has 0 aliphatic carbocycles. The number of halogens is 1. The predicted octanol–water partition coefficient (Wildman–Crippen LogP) is 3.15. The molecule has 1 fully saturated rings. The number of carbonyl (C=O) groups is 2. The zero-order valence-corrected chi connectivity index (χ0v) is 16.6. The molecule has 1 amide bonds. The molecule has 0 aromatic heterocycles. The third-order valence-corrected chi connectivity index (χ3v) is 4.89. The van der Waals surface area contributed by atoms with Gasteiger partial charge in [0.2, 0.25) is 5.91 Å². The average molecular weight is 399 g/mol. The number of hydrogen-bond donors (Lipinski definition) is 1. The largest absolute Gasteiger partial charge is 0.462 e. The van der Waals surface area contributed by atoms with Gasteiger partial charge in [0.15, 0.2) is 0 Å². The fourth-order valence-corrected chi connectivity index (χ4v) is 3.32. The topological polar surface area (TPSA) is 61.9 Å². The number of nitrogens with zero attached hydrogens (tertiary/aromatic N) is 2. The normalized spacial score (nSPS) is 13.9. The van der Waals surface area contributed by atoms with E-state index in [0.29, 0.717) is 57.0 Å². The standard InChI is InChI=1S/C22H26FN3O3/c1-2-29-22(28)17-7-9-18(10-8-17)24-12-11-21(27)26-15-13-25(14-16-26)20-6-4-3-5-19(20)23/h3-10,24H,2,11-16H2,1H3. The molecule has 3 rings (SSSR count). The summed E-state index contributed by atoms with van der Waals surface area (Å²) in [6.45, 7) is 5.03. The Hall–Kier alpha value is -3.09. The van der Waals surface area contributed by atoms with Crippen LogP contribution in [0, 0.1) is 5.82 Å². The van der Waals surface area contributed by atoms with E-state index in [-0.39, 0.29) is 17.7 Å². The fraction of sp³-hybridized carbons (Fsp3) is 0.364. The molecule has 2 aromatic carbocycles. The van der Waals surface area contributed by atoms with Gasteiger partial charge in [-0.3, -0.25) is 4.79 Å². The van der Waals surface area contributed by atoms with E-state index in [4.69, 9.17) is 4.74 Å². The van der Waals surface area contributed by atoms with Crippen molar-refractivity contribution in [1.82, 2.24) is 4.90 Å². The Labute approximate surface area is 170 Å². The van der Waals surface area contributed by atoms with Gasteiger partial charge >= 0.3 is 5.97 Å². The van der Waals surface area contributed by atoms with Gasteiger partial charge in [-0.15, -0.1) is 0 Å². The molecular formula is C22H26FN3O3. The number of piperazine rings is 1. The lowest BCUT2D eigenvalue weighted by Gasteiger charge is -2.36. The van der Waals surface area contributed by atoms with Gasteiger partial charge in [-0.25, -0.2) is 9.18 Å². The summed E-state index contributed by atoms with van der Waals surface area (Å²) >= 11 is 0. The first-order valence-electron chi connectivity index (χ1n) is 9.87. The second kappa shape index (κ2) is 9.91. The van der Waals surface area contributed by atoms with Gasteiger partial charge in [-0.1, -0.05) is 12.1 Å². The smallest absolute Gasteiger partial charge is 0.338 e. The van der Waals surface area contributed by atoms with Crippen molar-refractivity contribution < 1.29 is 18.7 Å². The quantitative estimate of drug-likeness (QED) is 0.725. The Bertz CT molecular complexity index is 833. The first-order chi connectivity index (χ1) is 14.1. The van der Waals surface area contributed by atoms with Gasteiger partial charge < -0.3 is 19.9 Å². The van der Waals surface area contributed by atoms with Gasteiger partial charge in [-0.05, 0) is 43.3 Å². The van der Waals surface area contributed by atoms with Crippen LogP contribution in [0.1, 0.15) is 23.7 Å². The summed E-state index contributed by atoms with van der Waals surface area (Å²) in [5.74, 6) is -0.497. The maximum absolute atomic E-state index is 13.9. The second-order valence-electron chi connectivity index (χ2n) is 6.79. The molecule has 0 atom stereocenters. The lowest BCUT2D eigenvalue weighted by atomic mass is 10.2. The van der Waals surface area contributed by atoms with E-state index in [1.807, 2.05) is 15.9 Å². The third kappa shape index (κ3) is 5.47. The van der Waals surface area contributed by atoms with E-state index in [9.17, 15) is 14.0 Å². The summed E-state index contributed by atoms with van der Waals surface area (Å²) in [5.41, 5.74) is 1.93. The lowest BCUT2D eigenvalue weighted by Crippen LogP contribution is -2.49. The lowest BCUT2D eigenvalue weighted by molar-refractivity contribution is -0.131. The minimum absolute atomic E-state index is 0.0776. The molecule has 1 aliphatic heterocycles. The SMILES string of the molecule is CCOC(=O)c1ccc(NCCC(=O)N2CCN(c3ccccc3F)CC2)cc1. The Morgan fingerprint density at radius 1 is 1.03 bits per heavy atom. The number of esters is 1. The Balaban J connectivity index is 1.41. The van der Waals surface area contributed by atoms with Crippen LogP contribution < -0.4 is 10.2 Å². The molecule has 6 nitrogen and oxygen atoms in total. The number of nitrogens with one attached hydrogen (secondary N) is 1. The van der Waals surface area contributed by atoms with Crippen molar-refractivity contribution in [3.05, 3.63) is 59.9 Å². The van der Waals surface area contributed by atoms with Crippen LogP contribution >= 0.6 is 0 Å². The minimum atomic E-state index is -0.344. The van der Waals surface area contributed by atoms with E-state index in [0.717, 1.165) is 5.69 Å². The summed E-state index contributed by atoms with van der Waals surface area (Å²) in [4.78, 5) is 27.9. The Morgan fingerprint density at radius 2 is 1.72 bits per heavy atom.